The lowest BCUT2D eigenvalue weighted by atomic mass is 10.1. The summed E-state index contributed by atoms with van der Waals surface area (Å²) in [5, 5.41) is 2.93. The Hall–Kier alpha value is -3.92. The Balaban J connectivity index is 2.08. The molecule has 0 radical (unpaired) electrons. The van der Waals surface area contributed by atoms with Gasteiger partial charge in [-0.1, -0.05) is 55.8 Å². The molecule has 2 atom stereocenters. The van der Waals surface area contributed by atoms with Gasteiger partial charge in [0.1, 0.15) is 24.2 Å². The maximum absolute atomic E-state index is 15.1. The largest absolute Gasteiger partial charge is 0.497 e. The SMILES string of the molecule is CC[C@H](C(=O)N[C@@H](C)CC)N(Cc1cccc(OC)c1)C(=O)CN(c1ccccc1F)S(=O)(=O)c1ccc(C)cc1. The lowest BCUT2D eigenvalue weighted by Gasteiger charge is -2.33. The van der Waals surface area contributed by atoms with Crippen LogP contribution in [0.1, 0.15) is 44.7 Å². The molecule has 0 aliphatic heterocycles. The van der Waals surface area contributed by atoms with Crippen LogP contribution in [0, 0.1) is 12.7 Å². The zero-order valence-electron chi connectivity index (χ0n) is 24.1. The number of methoxy groups -OCH3 is 1. The van der Waals surface area contributed by atoms with E-state index in [-0.39, 0.29) is 35.5 Å². The third-order valence-corrected chi connectivity index (χ3v) is 8.66. The molecule has 3 aromatic rings. The fourth-order valence-corrected chi connectivity index (χ4v) is 5.75. The number of carbonyl (C=O) groups excluding carboxylic acids is 2. The molecule has 10 heteroatoms. The quantitative estimate of drug-likeness (QED) is 0.304. The average molecular weight is 584 g/mol. The highest BCUT2D eigenvalue weighted by atomic mass is 32.2. The van der Waals surface area contributed by atoms with Crippen molar-refractivity contribution in [1.82, 2.24) is 10.2 Å². The molecule has 0 saturated heterocycles. The highest BCUT2D eigenvalue weighted by molar-refractivity contribution is 7.92. The summed E-state index contributed by atoms with van der Waals surface area (Å²) in [6.45, 7) is 6.71. The van der Waals surface area contributed by atoms with Gasteiger partial charge in [-0.2, -0.15) is 0 Å². The lowest BCUT2D eigenvalue weighted by molar-refractivity contribution is -0.140. The van der Waals surface area contributed by atoms with Crippen LogP contribution in [-0.4, -0.2) is 50.9 Å². The molecule has 0 unspecified atom stereocenters. The number of anilines is 1. The molecule has 2 amide bonds. The van der Waals surface area contributed by atoms with Gasteiger partial charge in [-0.3, -0.25) is 13.9 Å². The van der Waals surface area contributed by atoms with E-state index >= 15 is 4.39 Å². The molecule has 220 valence electrons. The van der Waals surface area contributed by atoms with E-state index in [0.717, 1.165) is 15.9 Å². The van der Waals surface area contributed by atoms with Crippen LogP contribution in [0.5, 0.6) is 5.75 Å². The molecule has 0 saturated carbocycles. The summed E-state index contributed by atoms with van der Waals surface area (Å²) in [7, 11) is -2.83. The van der Waals surface area contributed by atoms with E-state index in [0.29, 0.717) is 17.7 Å². The molecule has 0 aliphatic carbocycles. The number of sulfonamides is 1. The number of para-hydroxylation sites is 1. The number of ether oxygens (including phenoxy) is 1. The van der Waals surface area contributed by atoms with Crippen LogP contribution >= 0.6 is 0 Å². The molecular formula is C31H38FN3O5S. The van der Waals surface area contributed by atoms with Crippen LogP contribution in [0.15, 0.2) is 77.7 Å². The molecule has 0 spiro atoms. The second-order valence-electron chi connectivity index (χ2n) is 9.89. The average Bonchev–Trinajstić information content (AvgIpc) is 2.96. The van der Waals surface area contributed by atoms with E-state index in [9.17, 15) is 18.0 Å². The van der Waals surface area contributed by atoms with Crippen molar-refractivity contribution >= 4 is 27.5 Å². The van der Waals surface area contributed by atoms with Crippen LogP contribution in [0.2, 0.25) is 0 Å². The van der Waals surface area contributed by atoms with Gasteiger partial charge in [0, 0.05) is 12.6 Å². The van der Waals surface area contributed by atoms with Crippen molar-refractivity contribution in [3.63, 3.8) is 0 Å². The van der Waals surface area contributed by atoms with Gasteiger partial charge in [0.25, 0.3) is 10.0 Å². The molecular weight excluding hydrogens is 545 g/mol. The van der Waals surface area contributed by atoms with Crippen molar-refractivity contribution in [2.45, 2.75) is 64.1 Å². The fourth-order valence-electron chi connectivity index (χ4n) is 4.33. The molecule has 3 aromatic carbocycles. The topological polar surface area (TPSA) is 96.0 Å². The fraction of sp³-hybridized carbons (Fsp3) is 0.355. The number of hydrogen-bond donors (Lipinski definition) is 1. The first kappa shape index (κ1) is 31.6. The van der Waals surface area contributed by atoms with Crippen LogP contribution in [-0.2, 0) is 26.2 Å². The van der Waals surface area contributed by atoms with Crippen molar-refractivity contribution in [3.05, 3.63) is 89.7 Å². The highest BCUT2D eigenvalue weighted by Gasteiger charge is 2.34. The first-order chi connectivity index (χ1) is 19.5. The Morgan fingerprint density at radius 3 is 2.27 bits per heavy atom. The molecule has 0 fully saturated rings. The standard InChI is InChI=1S/C31H38FN3O5S/c1-6-23(4)33-31(37)28(7-2)34(20-24-11-10-12-25(19-24)40-5)30(36)21-35(29-14-9-8-13-27(29)32)41(38,39)26-17-15-22(3)16-18-26/h8-19,23,28H,6-7,20-21H2,1-5H3,(H,33,37)/t23-,28+/m0/s1. The Kier molecular flexibility index (Phi) is 10.9. The summed E-state index contributed by atoms with van der Waals surface area (Å²) in [5.74, 6) is -1.23. The number of rotatable bonds is 13. The van der Waals surface area contributed by atoms with Crippen LogP contribution < -0.4 is 14.4 Å². The van der Waals surface area contributed by atoms with Gasteiger partial charge in [0.2, 0.25) is 11.8 Å². The molecule has 3 rings (SSSR count). The van der Waals surface area contributed by atoms with Crippen LogP contribution in [0.25, 0.3) is 0 Å². The van der Waals surface area contributed by atoms with E-state index in [1.807, 2.05) is 20.8 Å². The maximum atomic E-state index is 15.1. The van der Waals surface area contributed by atoms with Gasteiger partial charge in [0.05, 0.1) is 17.7 Å². The summed E-state index contributed by atoms with van der Waals surface area (Å²) in [5.41, 5.74) is 1.27. The minimum absolute atomic E-state index is 0.0121. The third-order valence-electron chi connectivity index (χ3n) is 6.88. The number of halogens is 1. The number of hydrogen-bond acceptors (Lipinski definition) is 5. The van der Waals surface area contributed by atoms with E-state index in [2.05, 4.69) is 5.32 Å². The van der Waals surface area contributed by atoms with E-state index in [4.69, 9.17) is 4.74 Å². The summed E-state index contributed by atoms with van der Waals surface area (Å²) in [4.78, 5) is 28.7. The second kappa shape index (κ2) is 14.1. The van der Waals surface area contributed by atoms with Gasteiger partial charge in [-0.05, 0) is 68.7 Å². The van der Waals surface area contributed by atoms with Crippen molar-refractivity contribution in [2.75, 3.05) is 18.0 Å². The normalized spacial score (nSPS) is 12.7. The summed E-state index contributed by atoms with van der Waals surface area (Å²) >= 11 is 0. The number of aryl methyl sites for hydroxylation is 1. The zero-order chi connectivity index (χ0) is 30.2. The number of nitrogens with zero attached hydrogens (tertiary/aromatic N) is 2. The molecule has 0 aromatic heterocycles. The summed E-state index contributed by atoms with van der Waals surface area (Å²) in [6.07, 6.45) is 0.976. The number of amides is 2. The molecule has 0 aliphatic rings. The van der Waals surface area contributed by atoms with Crippen molar-refractivity contribution in [1.29, 1.82) is 0 Å². The van der Waals surface area contributed by atoms with Crippen LogP contribution in [0.3, 0.4) is 0 Å². The predicted molar refractivity (Wildman–Crippen MR) is 158 cm³/mol. The highest BCUT2D eigenvalue weighted by Crippen LogP contribution is 2.27. The number of nitrogens with one attached hydrogen (secondary N) is 1. The smallest absolute Gasteiger partial charge is 0.264 e. The zero-order valence-corrected chi connectivity index (χ0v) is 24.9. The van der Waals surface area contributed by atoms with Crippen LogP contribution in [0.4, 0.5) is 10.1 Å². The molecule has 41 heavy (non-hydrogen) atoms. The van der Waals surface area contributed by atoms with Gasteiger partial charge in [-0.25, -0.2) is 12.8 Å². The third kappa shape index (κ3) is 7.85. The maximum Gasteiger partial charge on any atom is 0.264 e. The number of benzene rings is 3. The summed E-state index contributed by atoms with van der Waals surface area (Å²) in [6, 6.07) is 17.6. The monoisotopic (exact) mass is 583 g/mol. The minimum Gasteiger partial charge on any atom is -0.497 e. The van der Waals surface area contributed by atoms with E-state index < -0.39 is 34.3 Å². The second-order valence-corrected chi connectivity index (χ2v) is 11.8. The molecule has 1 N–H and O–H groups in total. The Labute approximate surface area is 242 Å². The van der Waals surface area contributed by atoms with Gasteiger partial charge >= 0.3 is 0 Å². The predicted octanol–water partition coefficient (Wildman–Crippen LogP) is 5.06. The molecule has 0 bridgehead atoms. The van der Waals surface area contributed by atoms with Crippen molar-refractivity contribution < 1.29 is 27.1 Å². The Morgan fingerprint density at radius 2 is 1.66 bits per heavy atom. The first-order valence-electron chi connectivity index (χ1n) is 13.6. The first-order valence-corrected chi connectivity index (χ1v) is 15.0. The van der Waals surface area contributed by atoms with Crippen molar-refractivity contribution in [2.24, 2.45) is 0 Å². The number of carbonyl (C=O) groups is 2. The lowest BCUT2D eigenvalue weighted by Crippen LogP contribution is -2.53. The Bertz CT molecular complexity index is 1450. The minimum atomic E-state index is -4.36. The van der Waals surface area contributed by atoms with E-state index in [1.165, 1.54) is 42.3 Å². The summed E-state index contributed by atoms with van der Waals surface area (Å²) < 4.78 is 48.8. The van der Waals surface area contributed by atoms with E-state index in [1.54, 1.807) is 43.3 Å². The van der Waals surface area contributed by atoms with Gasteiger partial charge < -0.3 is 15.0 Å². The van der Waals surface area contributed by atoms with Gasteiger partial charge in [-0.15, -0.1) is 0 Å². The molecule has 8 nitrogen and oxygen atoms in total. The van der Waals surface area contributed by atoms with Crippen molar-refractivity contribution in [3.8, 4) is 5.75 Å². The Morgan fingerprint density at radius 1 is 0.976 bits per heavy atom. The van der Waals surface area contributed by atoms with Gasteiger partial charge in [0.15, 0.2) is 0 Å². The molecule has 0 heterocycles.